The van der Waals surface area contributed by atoms with Crippen molar-refractivity contribution < 1.29 is 14.7 Å². The molecule has 1 aromatic carbocycles. The van der Waals surface area contributed by atoms with Gasteiger partial charge in [0.25, 0.3) is 0 Å². The number of amides is 1. The molecule has 0 radical (unpaired) electrons. The lowest BCUT2D eigenvalue weighted by Crippen LogP contribution is -2.32. The monoisotopic (exact) mass is 313 g/mol. The van der Waals surface area contributed by atoms with Crippen LogP contribution >= 0.6 is 15.9 Å². The van der Waals surface area contributed by atoms with Crippen LogP contribution in [-0.2, 0) is 4.79 Å². The van der Waals surface area contributed by atoms with Crippen LogP contribution in [0.15, 0.2) is 28.7 Å². The molecule has 98 valence electrons. The summed E-state index contributed by atoms with van der Waals surface area (Å²) in [5.41, 5.74) is 0.668. The number of hydrogen-bond donors (Lipinski definition) is 2. The Bertz CT molecular complexity index is 417. The van der Waals surface area contributed by atoms with Crippen molar-refractivity contribution >= 4 is 27.8 Å². The topological polar surface area (TPSA) is 66.4 Å². The molecule has 1 amide bonds. The molecule has 0 saturated carbocycles. The standard InChI is InChI=1S/C13H16BrNO3/c1-2-3-4-11(16)12(15-13(17)18)9-5-7-10(14)8-6-9/h5-8,12,15H,2-4H2,1H3,(H,17,18). The number of Topliss-reactive ketones (excluding diaryl/α,β-unsaturated/α-hetero) is 1. The van der Waals surface area contributed by atoms with Gasteiger partial charge in [0.15, 0.2) is 5.78 Å². The van der Waals surface area contributed by atoms with E-state index in [9.17, 15) is 9.59 Å². The van der Waals surface area contributed by atoms with Gasteiger partial charge in [-0.05, 0) is 24.1 Å². The Morgan fingerprint density at radius 2 is 1.94 bits per heavy atom. The van der Waals surface area contributed by atoms with Crippen LogP contribution in [0.1, 0.15) is 37.8 Å². The van der Waals surface area contributed by atoms with Crippen LogP contribution in [0.2, 0.25) is 0 Å². The van der Waals surface area contributed by atoms with Crippen LogP contribution in [0, 0.1) is 0 Å². The second kappa shape index (κ2) is 7.16. The van der Waals surface area contributed by atoms with E-state index >= 15 is 0 Å². The molecular weight excluding hydrogens is 298 g/mol. The fourth-order valence-corrected chi connectivity index (χ4v) is 1.89. The van der Waals surface area contributed by atoms with Crippen LogP contribution < -0.4 is 5.32 Å². The molecule has 1 atom stereocenters. The first-order valence-electron chi connectivity index (χ1n) is 5.82. The first-order valence-corrected chi connectivity index (χ1v) is 6.61. The molecule has 0 aromatic heterocycles. The SMILES string of the molecule is CCCCC(=O)C(NC(=O)O)c1ccc(Br)cc1. The van der Waals surface area contributed by atoms with Crippen molar-refractivity contribution in [1.29, 1.82) is 0 Å². The summed E-state index contributed by atoms with van der Waals surface area (Å²) in [5, 5.41) is 11.1. The number of benzene rings is 1. The Morgan fingerprint density at radius 3 is 2.44 bits per heavy atom. The molecule has 1 aromatic rings. The van der Waals surface area contributed by atoms with Crippen molar-refractivity contribution in [3.05, 3.63) is 34.3 Å². The quantitative estimate of drug-likeness (QED) is 0.844. The number of hydrogen-bond acceptors (Lipinski definition) is 2. The largest absolute Gasteiger partial charge is 0.465 e. The smallest absolute Gasteiger partial charge is 0.405 e. The minimum Gasteiger partial charge on any atom is -0.465 e. The number of unbranched alkanes of at least 4 members (excludes halogenated alkanes) is 1. The molecule has 0 aliphatic heterocycles. The van der Waals surface area contributed by atoms with Crippen LogP contribution in [0.5, 0.6) is 0 Å². The molecular formula is C13H16BrNO3. The highest BCUT2D eigenvalue weighted by Gasteiger charge is 2.21. The van der Waals surface area contributed by atoms with E-state index in [0.717, 1.165) is 17.3 Å². The van der Waals surface area contributed by atoms with Gasteiger partial charge < -0.3 is 10.4 Å². The molecule has 1 unspecified atom stereocenters. The summed E-state index contributed by atoms with van der Waals surface area (Å²) in [6, 6.07) is 6.29. The third-order valence-electron chi connectivity index (χ3n) is 2.57. The van der Waals surface area contributed by atoms with Gasteiger partial charge in [0.05, 0.1) is 0 Å². The summed E-state index contributed by atoms with van der Waals surface area (Å²) in [5.74, 6) is -0.0958. The fraction of sp³-hybridized carbons (Fsp3) is 0.385. The molecule has 0 saturated heterocycles. The molecule has 1 rings (SSSR count). The van der Waals surface area contributed by atoms with Crippen molar-refractivity contribution in [1.82, 2.24) is 5.32 Å². The third kappa shape index (κ3) is 4.49. The minimum atomic E-state index is -1.19. The van der Waals surface area contributed by atoms with Crippen molar-refractivity contribution in [3.63, 3.8) is 0 Å². The molecule has 4 nitrogen and oxygen atoms in total. The van der Waals surface area contributed by atoms with E-state index in [0.29, 0.717) is 12.0 Å². The number of rotatable bonds is 6. The zero-order valence-corrected chi connectivity index (χ0v) is 11.7. The summed E-state index contributed by atoms with van der Waals surface area (Å²) >= 11 is 3.30. The molecule has 0 aliphatic rings. The average Bonchev–Trinajstić information content (AvgIpc) is 2.34. The predicted octanol–water partition coefficient (Wildman–Crippen LogP) is 3.52. The second-order valence-corrected chi connectivity index (χ2v) is 4.92. The van der Waals surface area contributed by atoms with E-state index in [-0.39, 0.29) is 5.78 Å². The number of nitrogens with one attached hydrogen (secondary N) is 1. The molecule has 0 aliphatic carbocycles. The minimum absolute atomic E-state index is 0.0958. The first-order chi connectivity index (χ1) is 8.54. The molecule has 0 bridgehead atoms. The Balaban J connectivity index is 2.86. The van der Waals surface area contributed by atoms with Gasteiger partial charge in [-0.3, -0.25) is 4.79 Å². The van der Waals surface area contributed by atoms with Gasteiger partial charge in [-0.15, -0.1) is 0 Å². The fourth-order valence-electron chi connectivity index (χ4n) is 1.62. The Labute approximate surface area is 115 Å². The van der Waals surface area contributed by atoms with Gasteiger partial charge >= 0.3 is 6.09 Å². The Kier molecular flexibility index (Phi) is 5.85. The van der Waals surface area contributed by atoms with Crippen LogP contribution in [0.4, 0.5) is 4.79 Å². The lowest BCUT2D eigenvalue weighted by Gasteiger charge is -2.16. The molecule has 0 heterocycles. The number of carbonyl (C=O) groups is 2. The number of ketones is 1. The first kappa shape index (κ1) is 14.7. The molecule has 18 heavy (non-hydrogen) atoms. The van der Waals surface area contributed by atoms with Gasteiger partial charge in [-0.25, -0.2) is 4.79 Å². The van der Waals surface area contributed by atoms with E-state index in [1.807, 2.05) is 6.92 Å². The van der Waals surface area contributed by atoms with Crippen LogP contribution in [-0.4, -0.2) is 17.0 Å². The van der Waals surface area contributed by atoms with E-state index in [1.54, 1.807) is 24.3 Å². The van der Waals surface area contributed by atoms with E-state index in [4.69, 9.17) is 5.11 Å². The van der Waals surface area contributed by atoms with Crippen molar-refractivity contribution in [2.24, 2.45) is 0 Å². The maximum Gasteiger partial charge on any atom is 0.405 e. The zero-order chi connectivity index (χ0) is 13.5. The van der Waals surface area contributed by atoms with Gasteiger partial charge in [0.2, 0.25) is 0 Å². The van der Waals surface area contributed by atoms with E-state index < -0.39 is 12.1 Å². The predicted molar refractivity (Wildman–Crippen MR) is 72.6 cm³/mol. The van der Waals surface area contributed by atoms with E-state index in [1.165, 1.54) is 0 Å². The Morgan fingerprint density at radius 1 is 1.33 bits per heavy atom. The zero-order valence-electron chi connectivity index (χ0n) is 10.1. The lowest BCUT2D eigenvalue weighted by molar-refractivity contribution is -0.121. The highest BCUT2D eigenvalue weighted by atomic mass is 79.9. The summed E-state index contributed by atoms with van der Waals surface area (Å²) in [6.07, 6.45) is 0.879. The highest BCUT2D eigenvalue weighted by molar-refractivity contribution is 9.10. The van der Waals surface area contributed by atoms with Crippen molar-refractivity contribution in [2.75, 3.05) is 0 Å². The summed E-state index contributed by atoms with van der Waals surface area (Å²) in [4.78, 5) is 22.7. The summed E-state index contributed by atoms with van der Waals surface area (Å²) < 4.78 is 0.890. The van der Waals surface area contributed by atoms with Gasteiger partial charge in [0, 0.05) is 10.9 Å². The van der Waals surface area contributed by atoms with Gasteiger partial charge in [-0.1, -0.05) is 41.4 Å². The van der Waals surface area contributed by atoms with Crippen LogP contribution in [0.25, 0.3) is 0 Å². The van der Waals surface area contributed by atoms with Crippen molar-refractivity contribution in [3.8, 4) is 0 Å². The van der Waals surface area contributed by atoms with Crippen LogP contribution in [0.3, 0.4) is 0 Å². The van der Waals surface area contributed by atoms with Gasteiger partial charge in [0.1, 0.15) is 6.04 Å². The molecule has 0 fully saturated rings. The lowest BCUT2D eigenvalue weighted by atomic mass is 9.99. The molecule has 5 heteroatoms. The number of carbonyl (C=O) groups excluding carboxylic acids is 1. The number of halogens is 1. The van der Waals surface area contributed by atoms with Gasteiger partial charge in [-0.2, -0.15) is 0 Å². The maximum atomic E-state index is 12.0. The Hall–Kier alpha value is -1.36. The van der Waals surface area contributed by atoms with Crippen molar-refractivity contribution in [2.45, 2.75) is 32.2 Å². The highest BCUT2D eigenvalue weighted by Crippen LogP contribution is 2.19. The molecule has 0 spiro atoms. The van der Waals surface area contributed by atoms with E-state index in [2.05, 4.69) is 21.2 Å². The molecule has 2 N–H and O–H groups in total. The normalized spacial score (nSPS) is 11.9. The third-order valence-corrected chi connectivity index (χ3v) is 3.10. The maximum absolute atomic E-state index is 12.0. The second-order valence-electron chi connectivity index (χ2n) is 4.00. The summed E-state index contributed by atoms with van der Waals surface area (Å²) in [7, 11) is 0. The number of carboxylic acid groups (broad SMARTS) is 1. The summed E-state index contributed by atoms with van der Waals surface area (Å²) in [6.45, 7) is 1.99. The average molecular weight is 314 g/mol.